The predicted molar refractivity (Wildman–Crippen MR) is 109 cm³/mol. The quantitative estimate of drug-likeness (QED) is 0.652. The van der Waals surface area contributed by atoms with Crippen LogP contribution in [0.25, 0.3) is 11.1 Å². The van der Waals surface area contributed by atoms with Crippen LogP contribution in [0.5, 0.6) is 17.2 Å². The van der Waals surface area contributed by atoms with E-state index in [4.69, 9.17) is 9.47 Å². The number of aromatic hydroxyl groups is 1. The number of phenols is 1. The number of ether oxygens (including phenoxy) is 2. The Morgan fingerprint density at radius 2 is 1.39 bits per heavy atom. The second kappa shape index (κ2) is 8.95. The summed E-state index contributed by atoms with van der Waals surface area (Å²) in [6.45, 7) is 0.525. The smallest absolute Gasteiger partial charge is 0.251 e. The number of nitrogens with one attached hydrogen (secondary N) is 1. The van der Waals surface area contributed by atoms with Gasteiger partial charge < -0.3 is 19.9 Å². The van der Waals surface area contributed by atoms with Crippen LogP contribution in [0.2, 0.25) is 0 Å². The number of phenolic OH excluding ortho intramolecular Hbond substituents is 1. The van der Waals surface area contributed by atoms with E-state index in [2.05, 4.69) is 5.32 Å². The minimum Gasteiger partial charge on any atom is -0.508 e. The molecule has 0 saturated heterocycles. The highest BCUT2D eigenvalue weighted by Gasteiger charge is 2.09. The van der Waals surface area contributed by atoms with Crippen molar-refractivity contribution < 1.29 is 19.4 Å². The van der Waals surface area contributed by atoms with E-state index in [1.165, 1.54) is 0 Å². The molecular weight excluding hydrogens is 354 g/mol. The monoisotopic (exact) mass is 377 g/mol. The number of rotatable bonds is 7. The third-order valence-corrected chi connectivity index (χ3v) is 4.47. The topological polar surface area (TPSA) is 67.8 Å². The number of carbonyl (C=O) groups excluding carboxylic acids is 1. The third-order valence-electron chi connectivity index (χ3n) is 4.47. The molecule has 2 N–H and O–H groups in total. The molecule has 0 radical (unpaired) electrons. The number of methoxy groups -OCH3 is 2. The highest BCUT2D eigenvalue weighted by Crippen LogP contribution is 2.23. The molecule has 5 nitrogen and oxygen atoms in total. The van der Waals surface area contributed by atoms with Crippen molar-refractivity contribution in [2.75, 3.05) is 20.8 Å². The summed E-state index contributed by atoms with van der Waals surface area (Å²) in [4.78, 5) is 12.4. The normalized spacial score (nSPS) is 10.4. The van der Waals surface area contributed by atoms with Crippen LogP contribution in [-0.4, -0.2) is 31.8 Å². The standard InChI is InChI=1S/C23H23NO4/c1-27-21-13-19(14-22(15-21)28-2)23(26)24-12-11-16-3-5-17(6-4-16)18-7-9-20(25)10-8-18/h3-10,13-15,25H,11-12H2,1-2H3,(H,24,26). The molecule has 0 aliphatic heterocycles. The summed E-state index contributed by atoms with van der Waals surface area (Å²) in [7, 11) is 3.11. The highest BCUT2D eigenvalue weighted by molar-refractivity contribution is 5.95. The summed E-state index contributed by atoms with van der Waals surface area (Å²) >= 11 is 0. The maximum Gasteiger partial charge on any atom is 0.251 e. The van der Waals surface area contributed by atoms with Crippen molar-refractivity contribution in [2.45, 2.75) is 6.42 Å². The van der Waals surface area contributed by atoms with E-state index >= 15 is 0 Å². The molecule has 0 atom stereocenters. The van der Waals surface area contributed by atoms with Crippen molar-refractivity contribution in [1.82, 2.24) is 5.32 Å². The SMILES string of the molecule is COc1cc(OC)cc(C(=O)NCCc2ccc(-c3ccc(O)cc3)cc2)c1. The molecule has 0 aliphatic carbocycles. The average molecular weight is 377 g/mol. The van der Waals surface area contributed by atoms with E-state index in [1.54, 1.807) is 44.6 Å². The Kier molecular flexibility index (Phi) is 6.17. The Hall–Kier alpha value is -3.47. The minimum atomic E-state index is -0.169. The predicted octanol–water partition coefficient (Wildman–Crippen LogP) is 4.05. The van der Waals surface area contributed by atoms with Crippen LogP contribution < -0.4 is 14.8 Å². The van der Waals surface area contributed by atoms with E-state index in [0.717, 1.165) is 23.1 Å². The molecule has 0 aromatic heterocycles. The zero-order valence-electron chi connectivity index (χ0n) is 15.9. The number of amides is 1. The van der Waals surface area contributed by atoms with Crippen LogP contribution in [0.15, 0.2) is 66.7 Å². The van der Waals surface area contributed by atoms with Crippen LogP contribution in [0, 0.1) is 0 Å². The van der Waals surface area contributed by atoms with Crippen LogP contribution in [0.3, 0.4) is 0 Å². The Morgan fingerprint density at radius 1 is 0.857 bits per heavy atom. The van der Waals surface area contributed by atoms with Crippen molar-refractivity contribution in [1.29, 1.82) is 0 Å². The molecule has 0 bridgehead atoms. The first-order valence-electron chi connectivity index (χ1n) is 8.98. The third kappa shape index (κ3) is 4.82. The van der Waals surface area contributed by atoms with Crippen molar-refractivity contribution >= 4 is 5.91 Å². The van der Waals surface area contributed by atoms with Gasteiger partial charge >= 0.3 is 0 Å². The summed E-state index contributed by atoms with van der Waals surface area (Å²) < 4.78 is 10.4. The first-order valence-corrected chi connectivity index (χ1v) is 8.98. The molecule has 144 valence electrons. The molecule has 3 rings (SSSR count). The summed E-state index contributed by atoms with van der Waals surface area (Å²) in [5, 5.41) is 12.3. The number of carbonyl (C=O) groups is 1. The lowest BCUT2D eigenvalue weighted by Gasteiger charge is -2.10. The van der Waals surface area contributed by atoms with Crippen molar-refractivity contribution in [2.24, 2.45) is 0 Å². The van der Waals surface area contributed by atoms with Gasteiger partial charge in [0.25, 0.3) is 5.91 Å². The maximum absolute atomic E-state index is 12.4. The molecule has 3 aromatic rings. The lowest BCUT2D eigenvalue weighted by atomic mass is 10.0. The molecule has 28 heavy (non-hydrogen) atoms. The van der Waals surface area contributed by atoms with Gasteiger partial charge in [0.2, 0.25) is 0 Å². The second-order valence-corrected chi connectivity index (χ2v) is 6.35. The van der Waals surface area contributed by atoms with E-state index in [9.17, 15) is 9.90 Å². The molecule has 0 spiro atoms. The fourth-order valence-corrected chi connectivity index (χ4v) is 2.88. The van der Waals surface area contributed by atoms with Crippen LogP contribution >= 0.6 is 0 Å². The zero-order valence-corrected chi connectivity index (χ0v) is 15.9. The Morgan fingerprint density at radius 3 is 1.93 bits per heavy atom. The van der Waals surface area contributed by atoms with Crippen molar-refractivity contribution in [3.63, 3.8) is 0 Å². The van der Waals surface area contributed by atoms with E-state index in [1.807, 2.05) is 36.4 Å². The van der Waals surface area contributed by atoms with Crippen molar-refractivity contribution in [3.05, 3.63) is 77.9 Å². The number of hydrogen-bond acceptors (Lipinski definition) is 4. The molecule has 1 amide bonds. The second-order valence-electron chi connectivity index (χ2n) is 6.35. The fourth-order valence-electron chi connectivity index (χ4n) is 2.88. The molecular formula is C23H23NO4. The molecule has 0 fully saturated rings. The molecule has 3 aromatic carbocycles. The molecule has 0 aliphatic rings. The van der Waals surface area contributed by atoms with Gasteiger partial charge in [-0.1, -0.05) is 36.4 Å². The molecule has 5 heteroatoms. The molecule has 0 saturated carbocycles. The lowest BCUT2D eigenvalue weighted by Crippen LogP contribution is -2.25. The van der Waals surface area contributed by atoms with Gasteiger partial charge in [-0.3, -0.25) is 4.79 Å². The van der Waals surface area contributed by atoms with Gasteiger partial charge in [-0.25, -0.2) is 0 Å². The van der Waals surface area contributed by atoms with Gasteiger partial charge in [0.05, 0.1) is 14.2 Å². The Balaban J connectivity index is 1.57. The summed E-state index contributed by atoms with van der Waals surface area (Å²) in [6.07, 6.45) is 0.725. The maximum atomic E-state index is 12.4. The molecule has 0 heterocycles. The van der Waals surface area contributed by atoms with Crippen LogP contribution in [-0.2, 0) is 6.42 Å². The Bertz CT molecular complexity index is 912. The minimum absolute atomic E-state index is 0.169. The summed E-state index contributed by atoms with van der Waals surface area (Å²) in [5.74, 6) is 1.24. The van der Waals surface area contributed by atoms with Gasteiger partial charge in [0, 0.05) is 18.2 Å². The van der Waals surface area contributed by atoms with E-state index in [-0.39, 0.29) is 11.7 Å². The van der Waals surface area contributed by atoms with Gasteiger partial charge in [0.15, 0.2) is 0 Å². The number of benzene rings is 3. The number of hydrogen-bond donors (Lipinski definition) is 2. The highest BCUT2D eigenvalue weighted by atomic mass is 16.5. The largest absolute Gasteiger partial charge is 0.508 e. The van der Waals surface area contributed by atoms with E-state index in [0.29, 0.717) is 23.6 Å². The zero-order chi connectivity index (χ0) is 19.9. The Labute approximate surface area is 164 Å². The van der Waals surface area contributed by atoms with E-state index < -0.39 is 0 Å². The molecule has 0 unspecified atom stereocenters. The summed E-state index contributed by atoms with van der Waals surface area (Å²) in [5.41, 5.74) is 3.76. The van der Waals surface area contributed by atoms with Crippen LogP contribution in [0.4, 0.5) is 0 Å². The fraction of sp³-hybridized carbons (Fsp3) is 0.174. The van der Waals surface area contributed by atoms with Crippen molar-refractivity contribution in [3.8, 4) is 28.4 Å². The first kappa shape index (κ1) is 19.3. The summed E-state index contributed by atoms with van der Waals surface area (Å²) in [6, 6.07) is 20.4. The van der Waals surface area contributed by atoms with Gasteiger partial charge in [-0.15, -0.1) is 0 Å². The van der Waals surface area contributed by atoms with Gasteiger partial charge in [0.1, 0.15) is 17.2 Å². The lowest BCUT2D eigenvalue weighted by molar-refractivity contribution is 0.0953. The average Bonchev–Trinajstić information content (AvgIpc) is 2.74. The van der Waals surface area contributed by atoms with Gasteiger partial charge in [-0.2, -0.15) is 0 Å². The van der Waals surface area contributed by atoms with Gasteiger partial charge in [-0.05, 0) is 47.4 Å². The van der Waals surface area contributed by atoms with Crippen LogP contribution in [0.1, 0.15) is 15.9 Å². The first-order chi connectivity index (χ1) is 13.6.